The van der Waals surface area contributed by atoms with Crippen molar-refractivity contribution in [1.29, 1.82) is 0 Å². The SMILES string of the molecule is Cc1ccc(C)c(C(C)NC(=O)C2CCCN(Cc3ccc(F)cc3)C2)c1. The van der Waals surface area contributed by atoms with E-state index in [1.54, 1.807) is 0 Å². The van der Waals surface area contributed by atoms with Crippen LogP contribution >= 0.6 is 0 Å². The Labute approximate surface area is 161 Å². The third-order valence-electron chi connectivity index (χ3n) is 5.46. The predicted octanol–water partition coefficient (Wildman–Crippen LogP) is 4.53. The number of carbonyl (C=O) groups is 1. The van der Waals surface area contributed by atoms with E-state index < -0.39 is 0 Å². The number of hydrogen-bond acceptors (Lipinski definition) is 2. The maximum absolute atomic E-state index is 13.1. The molecule has 1 fully saturated rings. The Bertz CT molecular complexity index is 787. The average molecular weight is 368 g/mol. The van der Waals surface area contributed by atoms with Crippen LogP contribution in [0.3, 0.4) is 0 Å². The predicted molar refractivity (Wildman–Crippen MR) is 107 cm³/mol. The van der Waals surface area contributed by atoms with Crippen LogP contribution in [-0.4, -0.2) is 23.9 Å². The zero-order valence-electron chi connectivity index (χ0n) is 16.5. The van der Waals surface area contributed by atoms with Gasteiger partial charge < -0.3 is 5.32 Å². The van der Waals surface area contributed by atoms with Gasteiger partial charge in [0.2, 0.25) is 5.91 Å². The molecule has 0 radical (unpaired) electrons. The molecule has 3 rings (SSSR count). The average Bonchev–Trinajstić information content (AvgIpc) is 2.65. The topological polar surface area (TPSA) is 32.3 Å². The quantitative estimate of drug-likeness (QED) is 0.841. The number of halogens is 1. The lowest BCUT2D eigenvalue weighted by molar-refractivity contribution is -0.127. The molecule has 0 aliphatic carbocycles. The Morgan fingerprint density at radius 2 is 1.96 bits per heavy atom. The van der Waals surface area contributed by atoms with Gasteiger partial charge in [0.15, 0.2) is 0 Å². The van der Waals surface area contributed by atoms with Gasteiger partial charge in [0.1, 0.15) is 5.82 Å². The molecule has 1 heterocycles. The monoisotopic (exact) mass is 368 g/mol. The smallest absolute Gasteiger partial charge is 0.224 e. The Balaban J connectivity index is 1.59. The lowest BCUT2D eigenvalue weighted by Crippen LogP contribution is -2.43. The summed E-state index contributed by atoms with van der Waals surface area (Å²) in [6.07, 6.45) is 1.93. The van der Waals surface area contributed by atoms with E-state index in [0.29, 0.717) is 0 Å². The standard InChI is InChI=1S/C23H29FN2O/c1-16-6-7-17(2)22(13-16)18(3)25-23(27)20-5-4-12-26(15-20)14-19-8-10-21(24)11-9-19/h6-11,13,18,20H,4-5,12,14-15H2,1-3H3,(H,25,27). The first-order valence-electron chi connectivity index (χ1n) is 9.76. The highest BCUT2D eigenvalue weighted by atomic mass is 19.1. The van der Waals surface area contributed by atoms with E-state index in [0.717, 1.165) is 38.0 Å². The summed E-state index contributed by atoms with van der Waals surface area (Å²) in [5.74, 6) is -0.0749. The molecule has 0 bridgehead atoms. The molecule has 27 heavy (non-hydrogen) atoms. The van der Waals surface area contributed by atoms with Crippen LogP contribution in [0.15, 0.2) is 42.5 Å². The fraction of sp³-hybridized carbons (Fsp3) is 0.435. The Morgan fingerprint density at radius 1 is 1.22 bits per heavy atom. The lowest BCUT2D eigenvalue weighted by Gasteiger charge is -2.32. The first-order chi connectivity index (χ1) is 12.9. The molecule has 2 atom stereocenters. The lowest BCUT2D eigenvalue weighted by atomic mass is 9.95. The molecular weight excluding hydrogens is 339 g/mol. The van der Waals surface area contributed by atoms with Crippen molar-refractivity contribution >= 4 is 5.91 Å². The maximum Gasteiger partial charge on any atom is 0.224 e. The van der Waals surface area contributed by atoms with Gasteiger partial charge in [0, 0.05) is 13.1 Å². The number of amides is 1. The Kier molecular flexibility index (Phi) is 6.27. The van der Waals surface area contributed by atoms with Crippen molar-refractivity contribution in [3.63, 3.8) is 0 Å². The Hall–Kier alpha value is -2.20. The molecule has 1 saturated heterocycles. The van der Waals surface area contributed by atoms with Gasteiger partial charge in [-0.25, -0.2) is 4.39 Å². The zero-order chi connectivity index (χ0) is 19.4. The summed E-state index contributed by atoms with van der Waals surface area (Å²) in [6.45, 7) is 8.71. The van der Waals surface area contributed by atoms with Crippen molar-refractivity contribution < 1.29 is 9.18 Å². The Morgan fingerprint density at radius 3 is 2.70 bits per heavy atom. The number of rotatable bonds is 5. The molecule has 4 heteroatoms. The van der Waals surface area contributed by atoms with Crippen LogP contribution < -0.4 is 5.32 Å². The number of nitrogens with one attached hydrogen (secondary N) is 1. The van der Waals surface area contributed by atoms with E-state index in [9.17, 15) is 9.18 Å². The highest BCUT2D eigenvalue weighted by Crippen LogP contribution is 2.22. The van der Waals surface area contributed by atoms with Crippen molar-refractivity contribution in [2.24, 2.45) is 5.92 Å². The van der Waals surface area contributed by atoms with Gasteiger partial charge in [-0.2, -0.15) is 0 Å². The summed E-state index contributed by atoms with van der Waals surface area (Å²) in [7, 11) is 0. The number of piperidine rings is 1. The van der Waals surface area contributed by atoms with Gasteiger partial charge in [-0.1, -0.05) is 35.9 Å². The van der Waals surface area contributed by atoms with Crippen LogP contribution in [0.2, 0.25) is 0 Å². The van der Waals surface area contributed by atoms with Gasteiger partial charge in [-0.15, -0.1) is 0 Å². The second kappa shape index (κ2) is 8.66. The second-order valence-electron chi connectivity index (χ2n) is 7.79. The largest absolute Gasteiger partial charge is 0.349 e. The molecule has 1 N–H and O–H groups in total. The molecule has 0 aromatic heterocycles. The summed E-state index contributed by atoms with van der Waals surface area (Å²) >= 11 is 0. The molecule has 2 aromatic carbocycles. The van der Waals surface area contributed by atoms with Crippen LogP contribution in [0.5, 0.6) is 0 Å². The van der Waals surface area contributed by atoms with E-state index in [1.807, 2.05) is 12.1 Å². The van der Waals surface area contributed by atoms with Gasteiger partial charge in [-0.05, 0) is 69.0 Å². The van der Waals surface area contributed by atoms with E-state index in [-0.39, 0.29) is 23.7 Å². The minimum absolute atomic E-state index is 0.00451. The van der Waals surface area contributed by atoms with E-state index >= 15 is 0 Å². The number of benzene rings is 2. The van der Waals surface area contributed by atoms with Crippen molar-refractivity contribution in [3.05, 3.63) is 70.5 Å². The second-order valence-corrected chi connectivity index (χ2v) is 7.79. The van der Waals surface area contributed by atoms with Gasteiger partial charge in [0.25, 0.3) is 0 Å². The molecule has 1 aliphatic rings. The van der Waals surface area contributed by atoms with E-state index in [2.05, 4.69) is 49.2 Å². The number of carbonyl (C=O) groups excluding carboxylic acids is 1. The normalized spacial score (nSPS) is 18.9. The van der Waals surface area contributed by atoms with Crippen molar-refractivity contribution in [2.75, 3.05) is 13.1 Å². The van der Waals surface area contributed by atoms with Crippen LogP contribution in [0.25, 0.3) is 0 Å². The van der Waals surface area contributed by atoms with Crippen molar-refractivity contribution in [2.45, 2.75) is 46.2 Å². The molecule has 144 valence electrons. The van der Waals surface area contributed by atoms with Gasteiger partial charge in [-0.3, -0.25) is 9.69 Å². The molecule has 3 nitrogen and oxygen atoms in total. The van der Waals surface area contributed by atoms with Crippen LogP contribution in [-0.2, 0) is 11.3 Å². The van der Waals surface area contributed by atoms with Gasteiger partial charge >= 0.3 is 0 Å². The van der Waals surface area contributed by atoms with Crippen LogP contribution in [0.4, 0.5) is 4.39 Å². The number of aryl methyl sites for hydroxylation is 2. The molecule has 1 aliphatic heterocycles. The van der Waals surface area contributed by atoms with E-state index in [1.165, 1.54) is 28.8 Å². The third-order valence-corrected chi connectivity index (χ3v) is 5.46. The zero-order valence-corrected chi connectivity index (χ0v) is 16.5. The summed E-state index contributed by atoms with van der Waals surface area (Å²) in [6, 6.07) is 13.0. The molecule has 1 amide bonds. The molecule has 0 saturated carbocycles. The maximum atomic E-state index is 13.1. The highest BCUT2D eigenvalue weighted by Gasteiger charge is 2.27. The third kappa shape index (κ3) is 5.16. The molecule has 0 spiro atoms. The number of nitrogens with zero attached hydrogens (tertiary/aromatic N) is 1. The molecular formula is C23H29FN2O. The fourth-order valence-electron chi connectivity index (χ4n) is 3.90. The summed E-state index contributed by atoms with van der Waals surface area (Å²) < 4.78 is 13.1. The van der Waals surface area contributed by atoms with E-state index in [4.69, 9.17) is 0 Å². The highest BCUT2D eigenvalue weighted by molar-refractivity contribution is 5.79. The minimum Gasteiger partial charge on any atom is -0.349 e. The van der Waals surface area contributed by atoms with Crippen molar-refractivity contribution in [1.82, 2.24) is 10.2 Å². The first kappa shape index (κ1) is 19.6. The number of likely N-dealkylation sites (tertiary alicyclic amines) is 1. The van der Waals surface area contributed by atoms with Gasteiger partial charge in [0.05, 0.1) is 12.0 Å². The van der Waals surface area contributed by atoms with Crippen LogP contribution in [0, 0.1) is 25.6 Å². The number of hydrogen-bond donors (Lipinski definition) is 1. The molecule has 2 unspecified atom stereocenters. The molecule has 2 aromatic rings. The van der Waals surface area contributed by atoms with Crippen LogP contribution in [0.1, 0.15) is 48.1 Å². The minimum atomic E-state index is -0.213. The summed E-state index contributed by atoms with van der Waals surface area (Å²) in [4.78, 5) is 15.1. The summed E-state index contributed by atoms with van der Waals surface area (Å²) in [5.41, 5.74) is 4.68. The fourth-order valence-corrected chi connectivity index (χ4v) is 3.90. The summed E-state index contributed by atoms with van der Waals surface area (Å²) in [5, 5.41) is 3.21. The first-order valence-corrected chi connectivity index (χ1v) is 9.76. The van der Waals surface area contributed by atoms with Crippen molar-refractivity contribution in [3.8, 4) is 0 Å².